The molecule has 0 spiro atoms. The van der Waals surface area contributed by atoms with E-state index in [1.54, 1.807) is 24.3 Å². The molecule has 166 valence electrons. The van der Waals surface area contributed by atoms with Crippen molar-refractivity contribution in [3.05, 3.63) is 59.7 Å². The van der Waals surface area contributed by atoms with Crippen LogP contribution in [0.25, 0.3) is 0 Å². The van der Waals surface area contributed by atoms with Gasteiger partial charge in [0.05, 0.1) is 6.61 Å². The molecule has 1 fully saturated rings. The van der Waals surface area contributed by atoms with Gasteiger partial charge in [0.2, 0.25) is 0 Å². The van der Waals surface area contributed by atoms with Crippen molar-refractivity contribution in [2.45, 2.75) is 52.4 Å². The number of hydrogen-bond donors (Lipinski definition) is 1. The standard InChI is InChI=1S/C26H34N2O3/c1-3-4-5-6-18-31-24-12-10-21(11-13-24)25(29)27-23-9-7-8-22(19-23)26(30)28-16-14-20(2)15-17-28/h7-13,19-20H,3-6,14-18H2,1-2H3,(H,27,29). The summed E-state index contributed by atoms with van der Waals surface area (Å²) in [6.07, 6.45) is 6.74. The fourth-order valence-electron chi connectivity index (χ4n) is 3.75. The molecule has 1 N–H and O–H groups in total. The number of amides is 2. The van der Waals surface area contributed by atoms with Gasteiger partial charge in [0, 0.05) is 29.9 Å². The van der Waals surface area contributed by atoms with E-state index in [-0.39, 0.29) is 11.8 Å². The van der Waals surface area contributed by atoms with Gasteiger partial charge in [-0.1, -0.05) is 39.2 Å². The van der Waals surface area contributed by atoms with Gasteiger partial charge >= 0.3 is 0 Å². The Morgan fingerprint density at radius 3 is 2.45 bits per heavy atom. The molecule has 2 aromatic carbocycles. The number of carbonyl (C=O) groups excluding carboxylic acids is 2. The minimum Gasteiger partial charge on any atom is -0.494 e. The number of hydrogen-bond acceptors (Lipinski definition) is 3. The summed E-state index contributed by atoms with van der Waals surface area (Å²) in [5.74, 6) is 1.28. The number of anilines is 1. The summed E-state index contributed by atoms with van der Waals surface area (Å²) in [7, 11) is 0. The molecule has 0 unspecified atom stereocenters. The average Bonchev–Trinajstić information content (AvgIpc) is 2.79. The van der Waals surface area contributed by atoms with Crippen molar-refractivity contribution in [1.82, 2.24) is 4.90 Å². The van der Waals surface area contributed by atoms with Gasteiger partial charge in [-0.2, -0.15) is 0 Å². The quantitative estimate of drug-likeness (QED) is 0.522. The topological polar surface area (TPSA) is 58.6 Å². The highest BCUT2D eigenvalue weighted by molar-refractivity contribution is 6.05. The van der Waals surface area contributed by atoms with E-state index in [1.807, 2.05) is 29.2 Å². The Labute approximate surface area is 185 Å². The van der Waals surface area contributed by atoms with Crippen LogP contribution in [0, 0.1) is 5.92 Å². The van der Waals surface area contributed by atoms with Crippen molar-refractivity contribution in [2.24, 2.45) is 5.92 Å². The Balaban J connectivity index is 1.54. The van der Waals surface area contributed by atoms with E-state index in [2.05, 4.69) is 19.2 Å². The molecular formula is C26H34N2O3. The lowest BCUT2D eigenvalue weighted by Crippen LogP contribution is -2.37. The van der Waals surface area contributed by atoms with Crippen LogP contribution < -0.4 is 10.1 Å². The Kier molecular flexibility index (Phi) is 8.51. The number of ether oxygens (including phenoxy) is 1. The molecule has 2 amide bonds. The van der Waals surface area contributed by atoms with Crippen LogP contribution in [0.2, 0.25) is 0 Å². The Morgan fingerprint density at radius 1 is 1.00 bits per heavy atom. The molecule has 0 bridgehead atoms. The number of piperidine rings is 1. The molecule has 0 aromatic heterocycles. The first-order valence-electron chi connectivity index (χ1n) is 11.5. The summed E-state index contributed by atoms with van der Waals surface area (Å²) in [5.41, 5.74) is 1.79. The third kappa shape index (κ3) is 6.84. The molecule has 5 heteroatoms. The minimum absolute atomic E-state index is 0.0310. The second-order valence-electron chi connectivity index (χ2n) is 8.44. The lowest BCUT2D eigenvalue weighted by molar-refractivity contribution is 0.0697. The van der Waals surface area contributed by atoms with E-state index in [0.29, 0.717) is 29.3 Å². The second-order valence-corrected chi connectivity index (χ2v) is 8.44. The van der Waals surface area contributed by atoms with Gasteiger partial charge in [-0.15, -0.1) is 0 Å². The summed E-state index contributed by atoms with van der Waals surface area (Å²) in [4.78, 5) is 27.3. The molecule has 0 saturated carbocycles. The molecule has 1 aliphatic rings. The molecule has 3 rings (SSSR count). The van der Waals surface area contributed by atoms with Crippen LogP contribution in [-0.2, 0) is 0 Å². The summed E-state index contributed by atoms with van der Waals surface area (Å²) in [5, 5.41) is 2.90. The zero-order valence-electron chi connectivity index (χ0n) is 18.7. The van der Waals surface area contributed by atoms with Crippen molar-refractivity contribution in [2.75, 3.05) is 25.0 Å². The first-order valence-corrected chi connectivity index (χ1v) is 11.5. The number of carbonyl (C=O) groups is 2. The third-order valence-electron chi connectivity index (χ3n) is 5.82. The molecule has 0 aliphatic carbocycles. The maximum Gasteiger partial charge on any atom is 0.255 e. The van der Waals surface area contributed by atoms with Crippen molar-refractivity contribution < 1.29 is 14.3 Å². The first kappa shape index (κ1) is 22.9. The predicted octanol–water partition coefficient (Wildman–Crippen LogP) is 5.77. The van der Waals surface area contributed by atoms with E-state index in [1.165, 1.54) is 19.3 Å². The monoisotopic (exact) mass is 422 g/mol. The van der Waals surface area contributed by atoms with Gasteiger partial charge in [-0.3, -0.25) is 9.59 Å². The zero-order valence-corrected chi connectivity index (χ0v) is 18.7. The van der Waals surface area contributed by atoms with Gasteiger partial charge in [0.15, 0.2) is 0 Å². The molecule has 1 heterocycles. The SMILES string of the molecule is CCCCCCOc1ccc(C(=O)Nc2cccc(C(=O)N3CCC(C)CC3)c2)cc1. The van der Waals surface area contributed by atoms with Crippen molar-refractivity contribution in [1.29, 1.82) is 0 Å². The maximum atomic E-state index is 12.8. The van der Waals surface area contributed by atoms with E-state index < -0.39 is 0 Å². The summed E-state index contributed by atoms with van der Waals surface area (Å²) in [6.45, 7) is 6.70. The lowest BCUT2D eigenvalue weighted by atomic mass is 9.98. The van der Waals surface area contributed by atoms with Gasteiger partial charge < -0.3 is 15.0 Å². The number of unbranched alkanes of at least 4 members (excludes halogenated alkanes) is 3. The van der Waals surface area contributed by atoms with E-state index in [4.69, 9.17) is 4.74 Å². The number of likely N-dealkylation sites (tertiary alicyclic amines) is 1. The van der Waals surface area contributed by atoms with E-state index in [9.17, 15) is 9.59 Å². The van der Waals surface area contributed by atoms with Gasteiger partial charge in [-0.05, 0) is 67.6 Å². The molecule has 0 radical (unpaired) electrons. The molecule has 5 nitrogen and oxygen atoms in total. The fourth-order valence-corrected chi connectivity index (χ4v) is 3.75. The second kappa shape index (κ2) is 11.5. The third-order valence-corrected chi connectivity index (χ3v) is 5.82. The lowest BCUT2D eigenvalue weighted by Gasteiger charge is -2.30. The smallest absolute Gasteiger partial charge is 0.255 e. The molecule has 1 saturated heterocycles. The number of rotatable bonds is 9. The van der Waals surface area contributed by atoms with Gasteiger partial charge in [0.1, 0.15) is 5.75 Å². The van der Waals surface area contributed by atoms with Crippen LogP contribution in [0.1, 0.15) is 73.1 Å². The highest BCUT2D eigenvalue weighted by Crippen LogP contribution is 2.20. The highest BCUT2D eigenvalue weighted by Gasteiger charge is 2.21. The first-order chi connectivity index (χ1) is 15.1. The van der Waals surface area contributed by atoms with Crippen LogP contribution in [0.4, 0.5) is 5.69 Å². The van der Waals surface area contributed by atoms with Crippen molar-refractivity contribution in [3.8, 4) is 5.75 Å². The Bertz CT molecular complexity index is 855. The average molecular weight is 423 g/mol. The molecule has 31 heavy (non-hydrogen) atoms. The number of nitrogens with one attached hydrogen (secondary N) is 1. The maximum absolute atomic E-state index is 12.8. The predicted molar refractivity (Wildman–Crippen MR) is 125 cm³/mol. The van der Waals surface area contributed by atoms with Crippen LogP contribution in [0.3, 0.4) is 0 Å². The Morgan fingerprint density at radius 2 is 1.74 bits per heavy atom. The van der Waals surface area contributed by atoms with E-state index in [0.717, 1.165) is 38.1 Å². The highest BCUT2D eigenvalue weighted by atomic mass is 16.5. The molecule has 1 aliphatic heterocycles. The van der Waals surface area contributed by atoms with Crippen LogP contribution >= 0.6 is 0 Å². The summed E-state index contributed by atoms with van der Waals surface area (Å²) >= 11 is 0. The minimum atomic E-state index is -0.203. The fraction of sp³-hybridized carbons (Fsp3) is 0.462. The van der Waals surface area contributed by atoms with Crippen LogP contribution in [0.15, 0.2) is 48.5 Å². The van der Waals surface area contributed by atoms with Gasteiger partial charge in [-0.25, -0.2) is 0 Å². The molecule has 0 atom stereocenters. The largest absolute Gasteiger partial charge is 0.494 e. The molecular weight excluding hydrogens is 388 g/mol. The Hall–Kier alpha value is -2.82. The summed E-state index contributed by atoms with van der Waals surface area (Å²) in [6, 6.07) is 14.4. The van der Waals surface area contributed by atoms with Gasteiger partial charge in [0.25, 0.3) is 11.8 Å². The molecule has 2 aromatic rings. The summed E-state index contributed by atoms with van der Waals surface area (Å²) < 4.78 is 5.74. The van der Waals surface area contributed by atoms with Crippen LogP contribution in [0.5, 0.6) is 5.75 Å². The number of nitrogens with zero attached hydrogens (tertiary/aromatic N) is 1. The van der Waals surface area contributed by atoms with E-state index >= 15 is 0 Å². The van der Waals surface area contributed by atoms with Crippen LogP contribution in [-0.4, -0.2) is 36.4 Å². The normalized spacial score (nSPS) is 14.3. The van der Waals surface area contributed by atoms with Crippen molar-refractivity contribution in [3.63, 3.8) is 0 Å². The van der Waals surface area contributed by atoms with Crippen molar-refractivity contribution >= 4 is 17.5 Å². The number of benzene rings is 2. The zero-order chi connectivity index (χ0) is 22.1.